The Balaban J connectivity index is 1.77. The molecule has 0 aliphatic carbocycles. The first-order valence-electron chi connectivity index (χ1n) is 8.21. The third-order valence-electron chi connectivity index (χ3n) is 4.06. The lowest BCUT2D eigenvalue weighted by Crippen LogP contribution is -2.26. The third-order valence-corrected chi connectivity index (χ3v) is 4.06. The van der Waals surface area contributed by atoms with Crippen molar-refractivity contribution in [2.75, 3.05) is 0 Å². The van der Waals surface area contributed by atoms with E-state index >= 15 is 0 Å². The summed E-state index contributed by atoms with van der Waals surface area (Å²) in [5.41, 5.74) is 6.24. The van der Waals surface area contributed by atoms with Crippen LogP contribution in [0.5, 0.6) is 5.75 Å². The van der Waals surface area contributed by atoms with Gasteiger partial charge in [0.2, 0.25) is 5.91 Å². The predicted octanol–water partition coefficient (Wildman–Crippen LogP) is 3.57. The molecule has 3 rings (SSSR count). The van der Waals surface area contributed by atoms with Crippen molar-refractivity contribution < 1.29 is 28.3 Å². The van der Waals surface area contributed by atoms with Crippen molar-refractivity contribution in [2.24, 2.45) is 5.73 Å². The van der Waals surface area contributed by atoms with Crippen molar-refractivity contribution in [3.8, 4) is 5.75 Å². The molecule has 0 unspecified atom stereocenters. The maximum Gasteiger partial charge on any atom is 0.387 e. The zero-order chi connectivity index (χ0) is 20.3. The van der Waals surface area contributed by atoms with E-state index in [4.69, 9.17) is 5.73 Å². The Morgan fingerprint density at radius 2 is 1.64 bits per heavy atom. The molecule has 28 heavy (non-hydrogen) atoms. The van der Waals surface area contributed by atoms with E-state index in [0.717, 1.165) is 0 Å². The second-order valence-corrected chi connectivity index (χ2v) is 6.03. The Morgan fingerprint density at radius 1 is 1.00 bits per heavy atom. The summed E-state index contributed by atoms with van der Waals surface area (Å²) >= 11 is 0. The van der Waals surface area contributed by atoms with Gasteiger partial charge in [-0.15, -0.1) is 0 Å². The second-order valence-electron chi connectivity index (χ2n) is 6.03. The molecule has 8 heteroatoms. The summed E-state index contributed by atoms with van der Waals surface area (Å²) < 4.78 is 28.9. The number of carbonyl (C=O) groups is 2. The monoisotopic (exact) mass is 386 g/mol. The van der Waals surface area contributed by atoms with E-state index in [1.54, 1.807) is 36.4 Å². The average Bonchev–Trinajstić information content (AvgIpc) is 2.66. The van der Waals surface area contributed by atoms with Crippen molar-refractivity contribution >= 4 is 22.6 Å². The molecule has 0 heterocycles. The lowest BCUT2D eigenvalue weighted by molar-refractivity contribution is -0.0652. The number of rotatable bonds is 6. The zero-order valence-corrected chi connectivity index (χ0v) is 14.5. The molecule has 6 nitrogen and oxygen atoms in total. The maximum absolute atomic E-state index is 12.5. The van der Waals surface area contributed by atoms with E-state index in [0.29, 0.717) is 27.0 Å². The Labute approximate surface area is 158 Å². The number of benzene rings is 3. The minimum atomic E-state index is -2.96. The number of hydroxylamine groups is 2. The van der Waals surface area contributed by atoms with Crippen LogP contribution in [-0.4, -0.2) is 28.7 Å². The average molecular weight is 386 g/mol. The van der Waals surface area contributed by atoms with Crippen LogP contribution in [0.3, 0.4) is 0 Å². The van der Waals surface area contributed by atoms with Crippen LogP contribution < -0.4 is 10.5 Å². The fourth-order valence-corrected chi connectivity index (χ4v) is 2.75. The van der Waals surface area contributed by atoms with Crippen LogP contribution in [0.2, 0.25) is 0 Å². The third kappa shape index (κ3) is 4.41. The summed E-state index contributed by atoms with van der Waals surface area (Å²) in [6.07, 6.45) is 0. The largest absolute Gasteiger partial charge is 0.435 e. The van der Waals surface area contributed by atoms with Crippen LogP contribution in [0.25, 0.3) is 10.8 Å². The first kappa shape index (κ1) is 19.2. The molecule has 0 aromatic heterocycles. The van der Waals surface area contributed by atoms with E-state index < -0.39 is 18.4 Å². The van der Waals surface area contributed by atoms with Crippen molar-refractivity contribution in [3.63, 3.8) is 0 Å². The van der Waals surface area contributed by atoms with Crippen LogP contribution in [0.15, 0.2) is 60.7 Å². The standard InChI is InChI=1S/C20H16F2N2O4/c21-20(22)28-17-3-1-2-12(8-17)11-24(27)19(26)16-7-5-13-9-15(18(23)25)6-4-14(13)10-16/h1-10,20,27H,11H2,(H2,23,25). The number of fused-ring (bicyclic) bond motifs is 1. The summed E-state index contributed by atoms with van der Waals surface area (Å²) in [6.45, 7) is -3.17. The van der Waals surface area contributed by atoms with Gasteiger partial charge in [-0.1, -0.05) is 24.3 Å². The topological polar surface area (TPSA) is 92.9 Å². The van der Waals surface area contributed by atoms with E-state index in [-0.39, 0.29) is 17.9 Å². The highest BCUT2D eigenvalue weighted by Crippen LogP contribution is 2.20. The highest BCUT2D eigenvalue weighted by Gasteiger charge is 2.16. The second kappa shape index (κ2) is 8.01. The summed E-state index contributed by atoms with van der Waals surface area (Å²) in [5.74, 6) is -1.29. The molecule has 0 bridgehead atoms. The Bertz CT molecular complexity index is 1040. The number of halogens is 2. The van der Waals surface area contributed by atoms with Crippen LogP contribution in [0.4, 0.5) is 8.78 Å². The van der Waals surface area contributed by atoms with Crippen LogP contribution in [-0.2, 0) is 6.54 Å². The van der Waals surface area contributed by atoms with Gasteiger partial charge in [-0.05, 0) is 52.7 Å². The minimum absolute atomic E-state index is 0.0655. The van der Waals surface area contributed by atoms with Gasteiger partial charge in [0.15, 0.2) is 0 Å². The van der Waals surface area contributed by atoms with Crippen molar-refractivity contribution in [1.82, 2.24) is 5.06 Å². The summed E-state index contributed by atoms with van der Waals surface area (Å²) in [6, 6.07) is 15.2. The van der Waals surface area contributed by atoms with Gasteiger partial charge in [-0.3, -0.25) is 14.8 Å². The fraction of sp³-hybridized carbons (Fsp3) is 0.100. The lowest BCUT2D eigenvalue weighted by atomic mass is 10.0. The molecule has 0 fully saturated rings. The number of nitrogens with two attached hydrogens (primary N) is 1. The maximum atomic E-state index is 12.5. The summed E-state index contributed by atoms with van der Waals surface area (Å²) in [4.78, 5) is 23.7. The molecular formula is C20H16F2N2O4. The number of hydrogen-bond donors (Lipinski definition) is 2. The predicted molar refractivity (Wildman–Crippen MR) is 97.2 cm³/mol. The number of carbonyl (C=O) groups excluding carboxylic acids is 2. The molecule has 0 aliphatic heterocycles. The van der Waals surface area contributed by atoms with Crippen LogP contribution in [0, 0.1) is 0 Å². The summed E-state index contributed by atoms with van der Waals surface area (Å²) in [7, 11) is 0. The Hall–Kier alpha value is -3.52. The van der Waals surface area contributed by atoms with Crippen LogP contribution in [0.1, 0.15) is 26.3 Å². The molecule has 0 saturated carbocycles. The molecule has 0 radical (unpaired) electrons. The van der Waals surface area contributed by atoms with Gasteiger partial charge in [-0.25, -0.2) is 5.06 Å². The highest BCUT2D eigenvalue weighted by molar-refractivity contribution is 6.01. The summed E-state index contributed by atoms with van der Waals surface area (Å²) in [5, 5.41) is 12.0. The SMILES string of the molecule is NC(=O)c1ccc2cc(C(=O)N(O)Cc3cccc(OC(F)F)c3)ccc2c1. The van der Waals surface area contributed by atoms with Gasteiger partial charge < -0.3 is 10.5 Å². The van der Waals surface area contributed by atoms with Crippen molar-refractivity contribution in [3.05, 3.63) is 77.4 Å². The molecule has 0 spiro atoms. The number of primary amides is 1. The smallest absolute Gasteiger partial charge is 0.387 e. The molecular weight excluding hydrogens is 370 g/mol. The zero-order valence-electron chi connectivity index (χ0n) is 14.5. The van der Waals surface area contributed by atoms with E-state index in [1.165, 1.54) is 24.3 Å². The molecule has 3 N–H and O–H groups in total. The van der Waals surface area contributed by atoms with Gasteiger partial charge >= 0.3 is 6.61 Å². The molecule has 0 aliphatic rings. The van der Waals surface area contributed by atoms with Gasteiger partial charge in [0, 0.05) is 11.1 Å². The normalized spacial score (nSPS) is 10.9. The molecule has 144 valence electrons. The molecule has 3 aromatic rings. The van der Waals surface area contributed by atoms with E-state index in [2.05, 4.69) is 4.74 Å². The molecule has 3 aromatic carbocycles. The number of amides is 2. The number of hydrogen-bond acceptors (Lipinski definition) is 4. The highest BCUT2D eigenvalue weighted by atomic mass is 19.3. The first-order valence-corrected chi connectivity index (χ1v) is 8.21. The first-order chi connectivity index (χ1) is 13.3. The van der Waals surface area contributed by atoms with E-state index in [9.17, 15) is 23.6 Å². The van der Waals surface area contributed by atoms with Crippen LogP contribution >= 0.6 is 0 Å². The minimum Gasteiger partial charge on any atom is -0.435 e. The number of nitrogens with zero attached hydrogens (tertiary/aromatic N) is 1. The van der Waals surface area contributed by atoms with Gasteiger partial charge in [0.25, 0.3) is 5.91 Å². The Morgan fingerprint density at radius 3 is 2.29 bits per heavy atom. The van der Waals surface area contributed by atoms with Gasteiger partial charge in [0.05, 0.1) is 6.54 Å². The van der Waals surface area contributed by atoms with Gasteiger partial charge in [0.1, 0.15) is 5.75 Å². The Kier molecular flexibility index (Phi) is 5.51. The fourth-order valence-electron chi connectivity index (χ4n) is 2.75. The molecule has 2 amide bonds. The van der Waals surface area contributed by atoms with E-state index in [1.807, 2.05) is 0 Å². The quantitative estimate of drug-likeness (QED) is 0.500. The number of ether oxygens (including phenoxy) is 1. The van der Waals surface area contributed by atoms with Crippen molar-refractivity contribution in [2.45, 2.75) is 13.2 Å². The molecule has 0 saturated heterocycles. The molecule has 0 atom stereocenters. The van der Waals surface area contributed by atoms with Gasteiger partial charge in [-0.2, -0.15) is 8.78 Å². The lowest BCUT2D eigenvalue weighted by Gasteiger charge is -2.16. The van der Waals surface area contributed by atoms with Crippen molar-refractivity contribution in [1.29, 1.82) is 0 Å². The number of alkyl halides is 2.